The van der Waals surface area contributed by atoms with Crippen molar-refractivity contribution in [2.24, 2.45) is 0 Å². The van der Waals surface area contributed by atoms with Gasteiger partial charge in [-0.3, -0.25) is 0 Å². The lowest BCUT2D eigenvalue weighted by Crippen LogP contribution is -2.03. The van der Waals surface area contributed by atoms with E-state index in [4.69, 9.17) is 10.7 Å². The van der Waals surface area contributed by atoms with Gasteiger partial charge in [-0.05, 0) is 56.7 Å². The molecule has 0 saturated heterocycles. The van der Waals surface area contributed by atoms with Gasteiger partial charge >= 0.3 is 0 Å². The number of hydrogen-bond donors (Lipinski definition) is 1. The van der Waals surface area contributed by atoms with Crippen molar-refractivity contribution in [1.29, 1.82) is 0 Å². The Morgan fingerprint density at radius 2 is 1.90 bits per heavy atom. The molecule has 0 aliphatic heterocycles. The number of aromatic nitrogens is 2. The summed E-state index contributed by atoms with van der Waals surface area (Å²) in [5, 5.41) is 0. The molecular weight excluding hydrogens is 265 g/mol. The van der Waals surface area contributed by atoms with Gasteiger partial charge in [0.1, 0.15) is 11.6 Å². The van der Waals surface area contributed by atoms with Crippen molar-refractivity contribution >= 4 is 16.7 Å². The number of rotatable bonds is 2. The summed E-state index contributed by atoms with van der Waals surface area (Å²) in [6.07, 6.45) is 0. The van der Waals surface area contributed by atoms with Crippen molar-refractivity contribution in [1.82, 2.24) is 9.55 Å². The van der Waals surface area contributed by atoms with Crippen molar-refractivity contribution < 1.29 is 4.39 Å². The zero-order chi connectivity index (χ0) is 15.1. The number of hydrogen-bond acceptors (Lipinski definition) is 2. The van der Waals surface area contributed by atoms with Gasteiger partial charge in [0, 0.05) is 11.6 Å². The number of nitrogen functional groups attached to an aromatic ring is 1. The van der Waals surface area contributed by atoms with Crippen LogP contribution in [0, 0.1) is 12.7 Å². The van der Waals surface area contributed by atoms with E-state index in [0.717, 1.165) is 22.4 Å². The molecule has 108 valence electrons. The first kappa shape index (κ1) is 13.6. The van der Waals surface area contributed by atoms with E-state index >= 15 is 0 Å². The smallest absolute Gasteiger partial charge is 0.146 e. The molecule has 1 heterocycles. The van der Waals surface area contributed by atoms with E-state index in [-0.39, 0.29) is 11.7 Å². The van der Waals surface area contributed by atoms with E-state index in [2.05, 4.69) is 36.6 Å². The lowest BCUT2D eigenvalue weighted by Gasteiger charge is -2.13. The molecule has 0 spiro atoms. The predicted octanol–water partition coefficient (Wildman–Crippen LogP) is 4.31. The Morgan fingerprint density at radius 3 is 2.57 bits per heavy atom. The van der Waals surface area contributed by atoms with E-state index in [1.807, 2.05) is 6.92 Å². The van der Waals surface area contributed by atoms with E-state index in [1.165, 1.54) is 11.6 Å². The second-order valence-electron chi connectivity index (χ2n) is 5.63. The largest absolute Gasteiger partial charge is 0.396 e. The van der Waals surface area contributed by atoms with Crippen molar-refractivity contribution in [2.75, 3.05) is 5.73 Å². The summed E-state index contributed by atoms with van der Waals surface area (Å²) >= 11 is 0. The SMILES string of the molecule is Cc1ccc2c(c1)nc(-c1ccc(F)c(N)c1)n2C(C)C. The first-order chi connectivity index (χ1) is 9.97. The number of nitrogens with two attached hydrogens (primary N) is 1. The second kappa shape index (κ2) is 4.88. The minimum absolute atomic E-state index is 0.144. The molecule has 0 radical (unpaired) electrons. The van der Waals surface area contributed by atoms with Crippen molar-refractivity contribution in [3.05, 3.63) is 47.8 Å². The maximum Gasteiger partial charge on any atom is 0.146 e. The normalized spacial score (nSPS) is 11.5. The van der Waals surface area contributed by atoms with Gasteiger partial charge in [0.15, 0.2) is 0 Å². The minimum Gasteiger partial charge on any atom is -0.396 e. The molecule has 0 aliphatic rings. The van der Waals surface area contributed by atoms with Gasteiger partial charge in [0.05, 0.1) is 16.7 Å². The standard InChI is InChI=1S/C17H18FN3/c1-10(2)21-16-7-4-11(3)8-15(16)20-17(21)12-5-6-13(18)14(19)9-12/h4-10H,19H2,1-3H3. The number of anilines is 1. The number of benzene rings is 2. The predicted molar refractivity (Wildman–Crippen MR) is 84.7 cm³/mol. The topological polar surface area (TPSA) is 43.8 Å². The van der Waals surface area contributed by atoms with E-state index in [1.54, 1.807) is 12.1 Å². The van der Waals surface area contributed by atoms with Gasteiger partial charge < -0.3 is 10.3 Å². The molecule has 0 unspecified atom stereocenters. The monoisotopic (exact) mass is 283 g/mol. The molecule has 0 amide bonds. The van der Waals surface area contributed by atoms with Crippen LogP contribution in [-0.4, -0.2) is 9.55 Å². The average Bonchev–Trinajstić information content (AvgIpc) is 2.80. The summed E-state index contributed by atoms with van der Waals surface area (Å²) in [4.78, 5) is 4.72. The number of nitrogens with zero attached hydrogens (tertiary/aromatic N) is 2. The Kier molecular flexibility index (Phi) is 3.16. The first-order valence-electron chi connectivity index (χ1n) is 7.01. The van der Waals surface area contributed by atoms with Gasteiger partial charge in [-0.1, -0.05) is 6.07 Å². The van der Waals surface area contributed by atoms with Crippen molar-refractivity contribution in [3.63, 3.8) is 0 Å². The van der Waals surface area contributed by atoms with E-state index in [0.29, 0.717) is 0 Å². The third-order valence-electron chi connectivity index (χ3n) is 3.62. The minimum atomic E-state index is -0.401. The van der Waals surface area contributed by atoms with Crippen LogP contribution in [0.15, 0.2) is 36.4 Å². The molecule has 2 N–H and O–H groups in total. The van der Waals surface area contributed by atoms with E-state index in [9.17, 15) is 4.39 Å². The molecule has 3 aromatic rings. The number of imidazole rings is 1. The molecule has 0 atom stereocenters. The van der Waals surface area contributed by atoms with E-state index < -0.39 is 5.82 Å². The molecule has 0 bridgehead atoms. The van der Waals surface area contributed by atoms with Crippen molar-refractivity contribution in [3.8, 4) is 11.4 Å². The Balaban J connectivity index is 2.30. The molecule has 4 heteroatoms. The first-order valence-corrected chi connectivity index (χ1v) is 7.01. The van der Waals surface area contributed by atoms with Crippen LogP contribution < -0.4 is 5.73 Å². The Labute approximate surface area is 123 Å². The number of halogens is 1. The summed E-state index contributed by atoms with van der Waals surface area (Å²) in [5.74, 6) is 0.416. The molecular formula is C17H18FN3. The zero-order valence-corrected chi connectivity index (χ0v) is 12.4. The maximum absolute atomic E-state index is 13.4. The van der Waals surface area contributed by atoms with Crippen LogP contribution >= 0.6 is 0 Å². The molecule has 0 saturated carbocycles. The highest BCUT2D eigenvalue weighted by atomic mass is 19.1. The van der Waals surface area contributed by atoms with Crippen LogP contribution in [0.1, 0.15) is 25.5 Å². The fraction of sp³-hybridized carbons (Fsp3) is 0.235. The fourth-order valence-electron chi connectivity index (χ4n) is 2.62. The van der Waals surface area contributed by atoms with Crippen molar-refractivity contribution in [2.45, 2.75) is 26.8 Å². The number of fused-ring (bicyclic) bond motifs is 1. The third-order valence-corrected chi connectivity index (χ3v) is 3.62. The molecule has 0 aliphatic carbocycles. The summed E-state index contributed by atoms with van der Waals surface area (Å²) in [6, 6.07) is 11.2. The summed E-state index contributed by atoms with van der Waals surface area (Å²) in [7, 11) is 0. The Morgan fingerprint density at radius 1 is 1.14 bits per heavy atom. The Bertz CT molecular complexity index is 818. The lowest BCUT2D eigenvalue weighted by atomic mass is 10.1. The van der Waals surface area contributed by atoms with Crippen LogP contribution in [0.4, 0.5) is 10.1 Å². The summed E-state index contributed by atoms with van der Waals surface area (Å²) in [6.45, 7) is 6.26. The van der Waals surface area contributed by atoms with Gasteiger partial charge in [0.25, 0.3) is 0 Å². The molecule has 2 aromatic carbocycles. The third kappa shape index (κ3) is 2.27. The average molecular weight is 283 g/mol. The Hall–Kier alpha value is -2.36. The highest BCUT2D eigenvalue weighted by Gasteiger charge is 2.15. The van der Waals surface area contributed by atoms with Crippen LogP contribution in [-0.2, 0) is 0 Å². The van der Waals surface area contributed by atoms with Crippen LogP contribution in [0.5, 0.6) is 0 Å². The van der Waals surface area contributed by atoms with Gasteiger partial charge in [0.2, 0.25) is 0 Å². The maximum atomic E-state index is 13.4. The number of aryl methyl sites for hydroxylation is 1. The second-order valence-corrected chi connectivity index (χ2v) is 5.63. The molecule has 3 rings (SSSR count). The molecule has 3 nitrogen and oxygen atoms in total. The lowest BCUT2D eigenvalue weighted by molar-refractivity contribution is 0.623. The van der Waals surface area contributed by atoms with Gasteiger partial charge in [-0.15, -0.1) is 0 Å². The quantitative estimate of drug-likeness (QED) is 0.712. The summed E-state index contributed by atoms with van der Waals surface area (Å²) < 4.78 is 15.5. The van der Waals surface area contributed by atoms with Crippen LogP contribution in [0.3, 0.4) is 0 Å². The molecule has 21 heavy (non-hydrogen) atoms. The highest BCUT2D eigenvalue weighted by molar-refractivity contribution is 5.82. The van der Waals surface area contributed by atoms with Gasteiger partial charge in [-0.25, -0.2) is 9.37 Å². The fourth-order valence-corrected chi connectivity index (χ4v) is 2.62. The zero-order valence-electron chi connectivity index (χ0n) is 12.4. The molecule has 0 fully saturated rings. The van der Waals surface area contributed by atoms with Crippen LogP contribution in [0.2, 0.25) is 0 Å². The molecule has 1 aromatic heterocycles. The highest BCUT2D eigenvalue weighted by Crippen LogP contribution is 2.30. The van der Waals surface area contributed by atoms with Gasteiger partial charge in [-0.2, -0.15) is 0 Å². The van der Waals surface area contributed by atoms with Crippen LogP contribution in [0.25, 0.3) is 22.4 Å². The summed E-state index contributed by atoms with van der Waals surface area (Å²) in [5.41, 5.74) is 9.86.